The Morgan fingerprint density at radius 1 is 1.24 bits per heavy atom. The highest BCUT2D eigenvalue weighted by atomic mass is 16.5. The van der Waals surface area contributed by atoms with E-state index in [4.69, 9.17) is 4.74 Å². The summed E-state index contributed by atoms with van der Waals surface area (Å²) < 4.78 is 9.19. The minimum atomic E-state index is 0.360. The van der Waals surface area contributed by atoms with Gasteiger partial charge >= 0.3 is 0 Å². The van der Waals surface area contributed by atoms with Crippen LogP contribution in [0.3, 0.4) is 0 Å². The highest BCUT2D eigenvalue weighted by Gasteiger charge is 2.24. The number of aromatic nitrogens is 6. The van der Waals surface area contributed by atoms with E-state index in [2.05, 4.69) is 36.9 Å². The van der Waals surface area contributed by atoms with Crippen molar-refractivity contribution in [2.75, 3.05) is 25.1 Å². The highest BCUT2D eigenvalue weighted by Crippen LogP contribution is 2.24. The van der Waals surface area contributed by atoms with Gasteiger partial charge < -0.3 is 9.64 Å². The van der Waals surface area contributed by atoms with Gasteiger partial charge in [-0.25, -0.2) is 0 Å². The maximum atomic E-state index is 5.42. The molecule has 0 amide bonds. The summed E-state index contributed by atoms with van der Waals surface area (Å²) in [5.41, 5.74) is 0.755. The first-order valence-corrected chi connectivity index (χ1v) is 7.30. The molecule has 1 fully saturated rings. The van der Waals surface area contributed by atoms with Gasteiger partial charge in [-0.1, -0.05) is 5.21 Å². The van der Waals surface area contributed by atoms with Crippen molar-refractivity contribution in [1.29, 1.82) is 0 Å². The van der Waals surface area contributed by atoms with Crippen molar-refractivity contribution in [1.82, 2.24) is 29.8 Å². The lowest BCUT2D eigenvalue weighted by Crippen LogP contribution is -2.38. The number of nitrogens with zero attached hydrogens (tertiary/aromatic N) is 7. The van der Waals surface area contributed by atoms with Crippen LogP contribution in [0, 0.1) is 0 Å². The molecule has 8 nitrogen and oxygen atoms in total. The second-order valence-corrected chi connectivity index (χ2v) is 5.27. The molecular formula is C13H21N7O. The van der Waals surface area contributed by atoms with Gasteiger partial charge in [-0.3, -0.25) is 9.25 Å². The lowest BCUT2D eigenvalue weighted by Gasteiger charge is -2.31. The van der Waals surface area contributed by atoms with Gasteiger partial charge in [0, 0.05) is 33.8 Å². The molecule has 2 aromatic rings. The van der Waals surface area contributed by atoms with Crippen LogP contribution >= 0.6 is 0 Å². The first-order valence-electron chi connectivity index (χ1n) is 7.30. The lowest BCUT2D eigenvalue weighted by molar-refractivity contribution is 0.0815. The third-order valence-electron chi connectivity index (χ3n) is 3.94. The molecular weight excluding hydrogens is 270 g/mol. The average Bonchev–Trinajstić information content (AvgIpc) is 3.12. The first kappa shape index (κ1) is 14.0. The molecule has 3 rings (SSSR count). The summed E-state index contributed by atoms with van der Waals surface area (Å²) in [4.78, 5) is 2.27. The summed E-state index contributed by atoms with van der Waals surface area (Å²) >= 11 is 0. The second kappa shape index (κ2) is 5.80. The maximum Gasteiger partial charge on any atom is 0.227 e. The molecule has 0 saturated carbocycles. The van der Waals surface area contributed by atoms with Crippen LogP contribution in [-0.2, 0) is 18.3 Å². The first-order chi connectivity index (χ1) is 10.2. The van der Waals surface area contributed by atoms with Crippen molar-refractivity contribution in [2.45, 2.75) is 32.4 Å². The van der Waals surface area contributed by atoms with Crippen LogP contribution in [0.5, 0.6) is 0 Å². The third-order valence-corrected chi connectivity index (χ3v) is 3.94. The molecule has 21 heavy (non-hydrogen) atoms. The van der Waals surface area contributed by atoms with Crippen molar-refractivity contribution in [3.63, 3.8) is 0 Å². The van der Waals surface area contributed by atoms with Crippen molar-refractivity contribution in [3.8, 4) is 11.5 Å². The fourth-order valence-corrected chi connectivity index (χ4v) is 2.75. The molecule has 3 heterocycles. The van der Waals surface area contributed by atoms with Gasteiger partial charge in [0.25, 0.3) is 0 Å². The molecule has 0 aliphatic carbocycles. The molecule has 1 aliphatic rings. The summed E-state index contributed by atoms with van der Waals surface area (Å²) in [6.07, 6.45) is 4.26. The lowest BCUT2D eigenvalue weighted by atomic mass is 10.1. The zero-order valence-electron chi connectivity index (χ0n) is 12.7. The predicted octanol–water partition coefficient (Wildman–Crippen LogP) is 0.709. The molecule has 0 unspecified atom stereocenters. The van der Waals surface area contributed by atoms with E-state index in [1.165, 1.54) is 0 Å². The molecule has 1 aliphatic heterocycles. The van der Waals surface area contributed by atoms with E-state index in [0.717, 1.165) is 49.9 Å². The summed E-state index contributed by atoms with van der Waals surface area (Å²) in [6.45, 7) is 4.78. The minimum Gasteiger partial charge on any atom is -0.381 e. The number of hydrogen-bond donors (Lipinski definition) is 0. The molecule has 2 aromatic heterocycles. The van der Waals surface area contributed by atoms with Crippen molar-refractivity contribution >= 4 is 5.95 Å². The standard InChI is InChI=1S/C13H21N7O/c1-4-20-12(11-9-18(2)17-14-11)15-16-13(20)19-7-5-10(21-3)6-8-19/h9-10H,4-8H2,1-3H3. The molecule has 0 spiro atoms. The zero-order valence-corrected chi connectivity index (χ0v) is 12.7. The SMILES string of the molecule is CCn1c(-c2cn(C)nn2)nnc1N1CCC(OC)CC1. The Morgan fingerprint density at radius 2 is 2.00 bits per heavy atom. The van der Waals surface area contributed by atoms with E-state index in [1.807, 2.05) is 13.2 Å². The fraction of sp³-hybridized carbons (Fsp3) is 0.692. The average molecular weight is 291 g/mol. The van der Waals surface area contributed by atoms with Gasteiger partial charge in [0.2, 0.25) is 5.95 Å². The summed E-state index contributed by atoms with van der Waals surface area (Å²) in [5, 5.41) is 16.8. The Kier molecular flexibility index (Phi) is 3.87. The molecule has 8 heteroatoms. The number of hydrogen-bond acceptors (Lipinski definition) is 6. The van der Waals surface area contributed by atoms with E-state index >= 15 is 0 Å². The van der Waals surface area contributed by atoms with Crippen molar-refractivity contribution < 1.29 is 4.74 Å². The van der Waals surface area contributed by atoms with Crippen LogP contribution < -0.4 is 4.90 Å². The predicted molar refractivity (Wildman–Crippen MR) is 77.9 cm³/mol. The normalized spacial score (nSPS) is 16.6. The molecule has 114 valence electrons. The number of ether oxygens (including phenoxy) is 1. The van der Waals surface area contributed by atoms with E-state index in [9.17, 15) is 0 Å². The molecule has 1 saturated heterocycles. The van der Waals surface area contributed by atoms with Gasteiger partial charge in [0.05, 0.1) is 12.3 Å². The van der Waals surface area contributed by atoms with Crippen molar-refractivity contribution in [3.05, 3.63) is 6.20 Å². The van der Waals surface area contributed by atoms with E-state index in [-0.39, 0.29) is 0 Å². The number of anilines is 1. The summed E-state index contributed by atoms with van der Waals surface area (Å²) in [7, 11) is 3.63. The Bertz CT molecular complexity index is 597. The Hall–Kier alpha value is -1.96. The van der Waals surface area contributed by atoms with Gasteiger partial charge in [0.1, 0.15) is 0 Å². The Balaban J connectivity index is 1.85. The van der Waals surface area contributed by atoms with Crippen LogP contribution in [0.1, 0.15) is 19.8 Å². The van der Waals surface area contributed by atoms with Gasteiger partial charge in [-0.2, -0.15) is 0 Å². The maximum absolute atomic E-state index is 5.42. The van der Waals surface area contributed by atoms with E-state index < -0.39 is 0 Å². The van der Waals surface area contributed by atoms with Crippen LogP contribution in [0.2, 0.25) is 0 Å². The van der Waals surface area contributed by atoms with Gasteiger partial charge in [0.15, 0.2) is 11.5 Å². The van der Waals surface area contributed by atoms with E-state index in [1.54, 1.807) is 11.8 Å². The van der Waals surface area contributed by atoms with Crippen LogP contribution in [0.25, 0.3) is 11.5 Å². The second-order valence-electron chi connectivity index (χ2n) is 5.27. The largest absolute Gasteiger partial charge is 0.381 e. The zero-order chi connectivity index (χ0) is 14.8. The smallest absolute Gasteiger partial charge is 0.227 e. The van der Waals surface area contributed by atoms with Crippen LogP contribution in [0.4, 0.5) is 5.95 Å². The van der Waals surface area contributed by atoms with Crippen molar-refractivity contribution in [2.24, 2.45) is 7.05 Å². The molecule has 0 aromatic carbocycles. The van der Waals surface area contributed by atoms with Crippen LogP contribution in [-0.4, -0.2) is 56.1 Å². The topological polar surface area (TPSA) is 73.9 Å². The number of rotatable bonds is 4. The molecule has 0 N–H and O–H groups in total. The Morgan fingerprint density at radius 3 is 2.57 bits per heavy atom. The number of aryl methyl sites for hydroxylation is 1. The molecule has 0 bridgehead atoms. The highest BCUT2D eigenvalue weighted by molar-refractivity contribution is 5.51. The molecule has 0 atom stereocenters. The van der Waals surface area contributed by atoms with Crippen LogP contribution in [0.15, 0.2) is 6.20 Å². The Labute approximate surface area is 123 Å². The fourth-order valence-electron chi connectivity index (χ4n) is 2.75. The summed E-state index contributed by atoms with van der Waals surface area (Å²) in [6, 6.07) is 0. The third kappa shape index (κ3) is 2.63. The molecule has 0 radical (unpaired) electrons. The minimum absolute atomic E-state index is 0.360. The van der Waals surface area contributed by atoms with E-state index in [0.29, 0.717) is 6.10 Å². The van der Waals surface area contributed by atoms with Gasteiger partial charge in [-0.15, -0.1) is 15.3 Å². The quantitative estimate of drug-likeness (QED) is 0.826. The number of piperidine rings is 1. The summed E-state index contributed by atoms with van der Waals surface area (Å²) in [5.74, 6) is 1.68. The monoisotopic (exact) mass is 291 g/mol. The number of methoxy groups -OCH3 is 1. The van der Waals surface area contributed by atoms with Gasteiger partial charge in [-0.05, 0) is 19.8 Å².